The van der Waals surface area contributed by atoms with Crippen molar-refractivity contribution in [2.24, 2.45) is 0 Å². The summed E-state index contributed by atoms with van der Waals surface area (Å²) in [5.41, 5.74) is 0. The summed E-state index contributed by atoms with van der Waals surface area (Å²) >= 11 is 0. The summed E-state index contributed by atoms with van der Waals surface area (Å²) in [6.45, 7) is 6.37. The number of rotatable bonds is 39. The first-order valence-corrected chi connectivity index (χ1v) is 22.5. The Morgan fingerprint density at radius 3 is 1.31 bits per heavy atom. The fourth-order valence-electron chi connectivity index (χ4n) is 5.78. The highest BCUT2D eigenvalue weighted by molar-refractivity contribution is 5.71. The molecule has 0 fully saturated rings. The molecule has 6 nitrogen and oxygen atoms in total. The van der Waals surface area contributed by atoms with Crippen molar-refractivity contribution in [1.82, 2.24) is 0 Å². The summed E-state index contributed by atoms with van der Waals surface area (Å²) in [4.78, 5) is 37.7. The second-order valence-corrected chi connectivity index (χ2v) is 14.6. The van der Waals surface area contributed by atoms with Crippen LogP contribution in [0.25, 0.3) is 0 Å². The third-order valence-corrected chi connectivity index (χ3v) is 9.19. The van der Waals surface area contributed by atoms with E-state index in [1.54, 1.807) is 0 Å². The lowest BCUT2D eigenvalue weighted by atomic mass is 10.1. The average Bonchev–Trinajstić information content (AvgIpc) is 3.18. The van der Waals surface area contributed by atoms with Crippen molar-refractivity contribution in [3.8, 4) is 0 Å². The highest BCUT2D eigenvalue weighted by Crippen LogP contribution is 2.12. The molecular weight excluding hydrogens is 685 g/mol. The van der Waals surface area contributed by atoms with Gasteiger partial charge in [0.05, 0.1) is 0 Å². The second kappa shape index (κ2) is 43.6. The van der Waals surface area contributed by atoms with Gasteiger partial charge in [-0.3, -0.25) is 14.4 Å². The number of hydrogen-bond donors (Lipinski definition) is 0. The van der Waals surface area contributed by atoms with E-state index in [-0.39, 0.29) is 31.1 Å². The van der Waals surface area contributed by atoms with Gasteiger partial charge in [-0.25, -0.2) is 0 Å². The summed E-state index contributed by atoms with van der Waals surface area (Å²) in [5.74, 6) is -0.965. The normalized spacial score (nSPS) is 12.7. The summed E-state index contributed by atoms with van der Waals surface area (Å²) < 4.78 is 16.6. The molecule has 0 aliphatic rings. The summed E-state index contributed by atoms with van der Waals surface area (Å²) in [7, 11) is 0. The third-order valence-electron chi connectivity index (χ3n) is 9.19. The van der Waals surface area contributed by atoms with Gasteiger partial charge in [0.25, 0.3) is 0 Å². The number of esters is 3. The Morgan fingerprint density at radius 2 is 0.782 bits per heavy atom. The maximum absolute atomic E-state index is 12.7. The molecule has 0 amide bonds. The molecule has 0 aromatic rings. The van der Waals surface area contributed by atoms with Crippen molar-refractivity contribution >= 4 is 17.9 Å². The summed E-state index contributed by atoms with van der Waals surface area (Å²) in [5, 5.41) is 0. The van der Waals surface area contributed by atoms with Crippen LogP contribution in [0.4, 0.5) is 0 Å². The van der Waals surface area contributed by atoms with Crippen LogP contribution in [-0.4, -0.2) is 37.2 Å². The van der Waals surface area contributed by atoms with Crippen LogP contribution in [0.3, 0.4) is 0 Å². The molecule has 0 radical (unpaired) electrons. The molecule has 0 rings (SSSR count). The topological polar surface area (TPSA) is 78.9 Å². The molecule has 0 bridgehead atoms. The van der Waals surface area contributed by atoms with E-state index in [2.05, 4.69) is 93.7 Å². The molecule has 0 aliphatic carbocycles. The van der Waals surface area contributed by atoms with Gasteiger partial charge in [0.1, 0.15) is 13.2 Å². The highest BCUT2D eigenvalue weighted by Gasteiger charge is 2.19. The molecule has 1 atom stereocenters. The predicted molar refractivity (Wildman–Crippen MR) is 233 cm³/mol. The SMILES string of the molecule is CC/C=C\C/C=C\C/C=C\CCCCCCC(=O)OCC(COC(=O)CCCCC/C=C\C=C/CCCC)OC(=O)CCCCCCC/C=C\CCCCC. The molecule has 0 saturated heterocycles. The molecule has 314 valence electrons. The lowest BCUT2D eigenvalue weighted by molar-refractivity contribution is -0.167. The van der Waals surface area contributed by atoms with E-state index >= 15 is 0 Å². The van der Waals surface area contributed by atoms with E-state index in [9.17, 15) is 14.4 Å². The van der Waals surface area contributed by atoms with Gasteiger partial charge in [0.2, 0.25) is 0 Å². The van der Waals surface area contributed by atoms with Gasteiger partial charge in [-0.2, -0.15) is 0 Å². The maximum atomic E-state index is 12.7. The molecule has 0 heterocycles. The Kier molecular flexibility index (Phi) is 41.1. The van der Waals surface area contributed by atoms with Crippen molar-refractivity contribution in [2.45, 2.75) is 207 Å². The Balaban J connectivity index is 4.47. The van der Waals surface area contributed by atoms with Crippen LogP contribution in [0.2, 0.25) is 0 Å². The largest absolute Gasteiger partial charge is 0.462 e. The summed E-state index contributed by atoms with van der Waals surface area (Å²) in [6.07, 6.45) is 53.1. The van der Waals surface area contributed by atoms with Crippen LogP contribution in [0.5, 0.6) is 0 Å². The number of hydrogen-bond acceptors (Lipinski definition) is 6. The zero-order chi connectivity index (χ0) is 40.1. The minimum atomic E-state index is -0.797. The predicted octanol–water partition coefficient (Wildman–Crippen LogP) is 14.3. The Hall–Kier alpha value is -3.15. The van der Waals surface area contributed by atoms with E-state index in [4.69, 9.17) is 14.2 Å². The van der Waals surface area contributed by atoms with Crippen LogP contribution < -0.4 is 0 Å². The highest BCUT2D eigenvalue weighted by atomic mass is 16.6. The van der Waals surface area contributed by atoms with Crippen LogP contribution in [0.15, 0.2) is 72.9 Å². The summed E-state index contributed by atoms with van der Waals surface area (Å²) in [6, 6.07) is 0. The van der Waals surface area contributed by atoms with Crippen molar-refractivity contribution in [3.05, 3.63) is 72.9 Å². The molecule has 55 heavy (non-hydrogen) atoms. The number of ether oxygens (including phenoxy) is 3. The molecule has 0 spiro atoms. The lowest BCUT2D eigenvalue weighted by Gasteiger charge is -2.18. The standard InChI is InChI=1S/C49H82O6/c1-4-7-10-13-16-19-22-24-25-28-30-33-36-39-42-48(51)54-45-46(44-53-47(50)41-38-35-32-29-26-21-18-15-12-9-6-3)55-49(52)43-40-37-34-31-27-23-20-17-14-11-8-5-2/h7,10,15-21,24-26,46H,4-6,8-9,11-14,22-23,27-45H2,1-3H3/b10-7-,18-15-,19-16-,20-17-,25-24-,26-21-. The van der Waals surface area contributed by atoms with Crippen LogP contribution in [0.1, 0.15) is 201 Å². The van der Waals surface area contributed by atoms with Crippen LogP contribution >= 0.6 is 0 Å². The number of allylic oxidation sites excluding steroid dienone is 12. The molecule has 0 aromatic heterocycles. The molecule has 0 aromatic carbocycles. The fraction of sp³-hybridized carbons (Fsp3) is 0.694. The van der Waals surface area contributed by atoms with Crippen LogP contribution in [0, 0.1) is 0 Å². The third kappa shape index (κ3) is 41.8. The van der Waals surface area contributed by atoms with E-state index in [1.165, 1.54) is 44.9 Å². The Morgan fingerprint density at radius 1 is 0.400 bits per heavy atom. The van der Waals surface area contributed by atoms with E-state index in [0.29, 0.717) is 19.3 Å². The van der Waals surface area contributed by atoms with E-state index in [1.807, 2.05) is 0 Å². The van der Waals surface area contributed by atoms with E-state index in [0.717, 1.165) is 116 Å². The molecule has 0 N–H and O–H groups in total. The van der Waals surface area contributed by atoms with Gasteiger partial charge in [0, 0.05) is 19.3 Å². The number of carbonyl (C=O) groups is 3. The molecule has 0 saturated carbocycles. The van der Waals surface area contributed by atoms with Gasteiger partial charge >= 0.3 is 17.9 Å². The van der Waals surface area contributed by atoms with Crippen LogP contribution in [-0.2, 0) is 28.6 Å². The molecule has 0 aliphatic heterocycles. The minimum absolute atomic E-state index is 0.100. The number of carbonyl (C=O) groups excluding carboxylic acids is 3. The number of unbranched alkanes of at least 4 members (excludes halogenated alkanes) is 17. The smallest absolute Gasteiger partial charge is 0.306 e. The zero-order valence-corrected chi connectivity index (χ0v) is 35.7. The maximum Gasteiger partial charge on any atom is 0.306 e. The monoisotopic (exact) mass is 767 g/mol. The first-order chi connectivity index (χ1) is 27.0. The van der Waals surface area contributed by atoms with Crippen molar-refractivity contribution < 1.29 is 28.6 Å². The second-order valence-electron chi connectivity index (χ2n) is 14.6. The first-order valence-electron chi connectivity index (χ1n) is 22.5. The van der Waals surface area contributed by atoms with Gasteiger partial charge in [0.15, 0.2) is 6.10 Å². The van der Waals surface area contributed by atoms with Gasteiger partial charge in [-0.15, -0.1) is 0 Å². The first kappa shape index (κ1) is 51.9. The van der Waals surface area contributed by atoms with Gasteiger partial charge in [-0.05, 0) is 96.3 Å². The van der Waals surface area contributed by atoms with Gasteiger partial charge < -0.3 is 14.2 Å². The zero-order valence-electron chi connectivity index (χ0n) is 35.7. The fourth-order valence-corrected chi connectivity index (χ4v) is 5.78. The van der Waals surface area contributed by atoms with Crippen molar-refractivity contribution in [2.75, 3.05) is 13.2 Å². The van der Waals surface area contributed by atoms with Gasteiger partial charge in [-0.1, -0.05) is 158 Å². The average molecular weight is 767 g/mol. The molecular formula is C49H82O6. The van der Waals surface area contributed by atoms with Crippen molar-refractivity contribution in [3.63, 3.8) is 0 Å². The molecule has 1 unspecified atom stereocenters. The quantitative estimate of drug-likeness (QED) is 0.0204. The molecule has 6 heteroatoms. The Bertz CT molecular complexity index is 1070. The Labute approximate surface area is 338 Å². The minimum Gasteiger partial charge on any atom is -0.462 e. The van der Waals surface area contributed by atoms with E-state index < -0.39 is 6.10 Å². The van der Waals surface area contributed by atoms with Crippen molar-refractivity contribution in [1.29, 1.82) is 0 Å². The lowest BCUT2D eigenvalue weighted by Crippen LogP contribution is -2.30.